The van der Waals surface area contributed by atoms with Crippen LogP contribution >= 0.6 is 0 Å². The summed E-state index contributed by atoms with van der Waals surface area (Å²) in [6.45, 7) is 4.52. The summed E-state index contributed by atoms with van der Waals surface area (Å²) in [7, 11) is 3.53. The Labute approximate surface area is 99.0 Å². The second-order valence-corrected chi connectivity index (χ2v) is 4.74. The molecule has 1 fully saturated rings. The number of amides is 2. The number of piperidine rings is 1. The third-order valence-electron chi connectivity index (χ3n) is 3.03. The zero-order valence-corrected chi connectivity index (χ0v) is 10.7. The minimum atomic E-state index is 0.0120. The van der Waals surface area contributed by atoms with Gasteiger partial charge >= 0.3 is 6.03 Å². The lowest BCUT2D eigenvalue weighted by Gasteiger charge is -2.26. The molecular weight excluding hydrogens is 202 g/mol. The van der Waals surface area contributed by atoms with Crippen LogP contribution in [-0.4, -0.2) is 56.1 Å². The van der Waals surface area contributed by atoms with Gasteiger partial charge < -0.3 is 15.1 Å². The van der Waals surface area contributed by atoms with Crippen LogP contribution in [-0.2, 0) is 0 Å². The second-order valence-electron chi connectivity index (χ2n) is 4.74. The van der Waals surface area contributed by atoms with Crippen molar-refractivity contribution < 1.29 is 4.79 Å². The monoisotopic (exact) mass is 227 g/mol. The summed E-state index contributed by atoms with van der Waals surface area (Å²) in [5, 5.41) is 2.89. The van der Waals surface area contributed by atoms with E-state index in [2.05, 4.69) is 10.2 Å². The van der Waals surface area contributed by atoms with Gasteiger partial charge in [-0.05, 0) is 45.3 Å². The first kappa shape index (κ1) is 13.3. The van der Waals surface area contributed by atoms with E-state index < -0.39 is 0 Å². The second kappa shape index (κ2) is 7.49. The lowest BCUT2D eigenvalue weighted by atomic mass is 10.1. The van der Waals surface area contributed by atoms with Gasteiger partial charge in [0.2, 0.25) is 0 Å². The van der Waals surface area contributed by atoms with Crippen LogP contribution in [0.4, 0.5) is 4.79 Å². The van der Waals surface area contributed by atoms with E-state index in [0.29, 0.717) is 0 Å². The number of urea groups is 1. The Morgan fingerprint density at radius 3 is 2.50 bits per heavy atom. The maximum Gasteiger partial charge on any atom is 0.316 e. The molecule has 0 aliphatic carbocycles. The van der Waals surface area contributed by atoms with Gasteiger partial charge in [0.1, 0.15) is 0 Å². The predicted octanol–water partition coefficient (Wildman–Crippen LogP) is 1.52. The first-order valence-corrected chi connectivity index (χ1v) is 6.37. The van der Waals surface area contributed by atoms with E-state index in [1.54, 1.807) is 19.0 Å². The fourth-order valence-electron chi connectivity index (χ4n) is 2.00. The van der Waals surface area contributed by atoms with Gasteiger partial charge in [0.15, 0.2) is 0 Å². The molecule has 1 aliphatic rings. The highest BCUT2D eigenvalue weighted by atomic mass is 16.2. The molecule has 1 N–H and O–H groups in total. The molecule has 16 heavy (non-hydrogen) atoms. The SMILES string of the molecule is CN(C)C(=O)NCCCCN1CCCCC1. The predicted molar refractivity (Wildman–Crippen MR) is 66.6 cm³/mol. The Morgan fingerprint density at radius 2 is 1.88 bits per heavy atom. The molecule has 0 aromatic heterocycles. The summed E-state index contributed by atoms with van der Waals surface area (Å²) in [4.78, 5) is 15.3. The summed E-state index contributed by atoms with van der Waals surface area (Å²) in [6.07, 6.45) is 6.38. The van der Waals surface area contributed by atoms with Gasteiger partial charge in [0.25, 0.3) is 0 Å². The molecule has 0 spiro atoms. The minimum absolute atomic E-state index is 0.0120. The number of likely N-dealkylation sites (tertiary alicyclic amines) is 1. The molecule has 4 heteroatoms. The fraction of sp³-hybridized carbons (Fsp3) is 0.917. The molecule has 1 rings (SSSR count). The van der Waals surface area contributed by atoms with E-state index in [1.165, 1.54) is 45.3 Å². The van der Waals surface area contributed by atoms with Gasteiger partial charge in [-0.15, -0.1) is 0 Å². The number of carbonyl (C=O) groups is 1. The molecular formula is C12H25N3O. The Morgan fingerprint density at radius 1 is 1.19 bits per heavy atom. The highest BCUT2D eigenvalue weighted by Crippen LogP contribution is 2.08. The van der Waals surface area contributed by atoms with Crippen LogP contribution in [0.2, 0.25) is 0 Å². The van der Waals surface area contributed by atoms with Gasteiger partial charge in [0.05, 0.1) is 0 Å². The molecule has 94 valence electrons. The molecule has 1 saturated heterocycles. The summed E-state index contributed by atoms with van der Waals surface area (Å²) < 4.78 is 0. The molecule has 0 aromatic rings. The van der Waals surface area contributed by atoms with Crippen LogP contribution in [0, 0.1) is 0 Å². The maximum atomic E-state index is 11.2. The first-order valence-electron chi connectivity index (χ1n) is 6.37. The van der Waals surface area contributed by atoms with E-state index in [0.717, 1.165) is 13.0 Å². The zero-order valence-electron chi connectivity index (χ0n) is 10.7. The van der Waals surface area contributed by atoms with E-state index in [-0.39, 0.29) is 6.03 Å². The van der Waals surface area contributed by atoms with Gasteiger partial charge in [0, 0.05) is 20.6 Å². The molecule has 2 amide bonds. The van der Waals surface area contributed by atoms with Crippen molar-refractivity contribution in [3.8, 4) is 0 Å². The highest BCUT2D eigenvalue weighted by molar-refractivity contribution is 5.73. The van der Waals surface area contributed by atoms with Gasteiger partial charge in [-0.1, -0.05) is 6.42 Å². The maximum absolute atomic E-state index is 11.2. The number of hydrogen-bond donors (Lipinski definition) is 1. The van der Waals surface area contributed by atoms with Crippen LogP contribution in [0.25, 0.3) is 0 Å². The van der Waals surface area contributed by atoms with Crippen LogP contribution < -0.4 is 5.32 Å². The van der Waals surface area contributed by atoms with Crippen molar-refractivity contribution in [2.45, 2.75) is 32.1 Å². The lowest BCUT2D eigenvalue weighted by molar-refractivity contribution is 0.214. The topological polar surface area (TPSA) is 35.6 Å². The van der Waals surface area contributed by atoms with Gasteiger partial charge in [-0.25, -0.2) is 4.79 Å². The lowest BCUT2D eigenvalue weighted by Crippen LogP contribution is -2.35. The molecule has 0 aromatic carbocycles. The quantitative estimate of drug-likeness (QED) is 0.723. The van der Waals surface area contributed by atoms with Crippen molar-refractivity contribution in [1.29, 1.82) is 0 Å². The fourth-order valence-corrected chi connectivity index (χ4v) is 2.00. The summed E-state index contributed by atoms with van der Waals surface area (Å²) >= 11 is 0. The van der Waals surface area contributed by atoms with Crippen molar-refractivity contribution in [3.63, 3.8) is 0 Å². The standard InChI is InChI=1S/C12H25N3O/c1-14(2)12(16)13-8-4-7-11-15-9-5-3-6-10-15/h3-11H2,1-2H3,(H,13,16). The van der Waals surface area contributed by atoms with Crippen molar-refractivity contribution >= 4 is 6.03 Å². The van der Waals surface area contributed by atoms with E-state index in [9.17, 15) is 4.79 Å². The summed E-state index contributed by atoms with van der Waals surface area (Å²) in [5.41, 5.74) is 0. The smallest absolute Gasteiger partial charge is 0.316 e. The largest absolute Gasteiger partial charge is 0.338 e. The van der Waals surface area contributed by atoms with Crippen LogP contribution in [0.15, 0.2) is 0 Å². The third-order valence-corrected chi connectivity index (χ3v) is 3.03. The number of hydrogen-bond acceptors (Lipinski definition) is 2. The summed E-state index contributed by atoms with van der Waals surface area (Å²) in [5.74, 6) is 0. The van der Waals surface area contributed by atoms with Crippen molar-refractivity contribution in [2.24, 2.45) is 0 Å². The normalized spacial score (nSPS) is 17.1. The van der Waals surface area contributed by atoms with Crippen molar-refractivity contribution in [2.75, 3.05) is 40.3 Å². The van der Waals surface area contributed by atoms with Gasteiger partial charge in [-0.2, -0.15) is 0 Å². The Kier molecular flexibility index (Phi) is 6.23. The van der Waals surface area contributed by atoms with E-state index >= 15 is 0 Å². The van der Waals surface area contributed by atoms with E-state index in [1.807, 2.05) is 0 Å². The molecule has 0 radical (unpaired) electrons. The Balaban J connectivity index is 1.93. The zero-order chi connectivity index (χ0) is 11.8. The Bertz CT molecular complexity index is 200. The van der Waals surface area contributed by atoms with Gasteiger partial charge in [-0.3, -0.25) is 0 Å². The summed E-state index contributed by atoms with van der Waals surface area (Å²) in [6, 6.07) is 0.0120. The molecule has 0 saturated carbocycles. The number of rotatable bonds is 5. The minimum Gasteiger partial charge on any atom is -0.338 e. The Hall–Kier alpha value is -0.770. The van der Waals surface area contributed by atoms with Crippen LogP contribution in [0.5, 0.6) is 0 Å². The number of unbranched alkanes of at least 4 members (excludes halogenated alkanes) is 1. The molecule has 0 bridgehead atoms. The molecule has 4 nitrogen and oxygen atoms in total. The average Bonchev–Trinajstić information content (AvgIpc) is 2.29. The van der Waals surface area contributed by atoms with Crippen LogP contribution in [0.3, 0.4) is 0 Å². The van der Waals surface area contributed by atoms with Crippen molar-refractivity contribution in [1.82, 2.24) is 15.1 Å². The number of carbonyl (C=O) groups excluding carboxylic acids is 1. The van der Waals surface area contributed by atoms with Crippen LogP contribution in [0.1, 0.15) is 32.1 Å². The highest BCUT2D eigenvalue weighted by Gasteiger charge is 2.08. The first-order chi connectivity index (χ1) is 7.70. The third kappa shape index (κ3) is 5.35. The molecule has 0 atom stereocenters. The molecule has 0 unspecified atom stereocenters. The average molecular weight is 227 g/mol. The molecule has 1 heterocycles. The molecule has 1 aliphatic heterocycles. The number of nitrogens with zero attached hydrogens (tertiary/aromatic N) is 2. The van der Waals surface area contributed by atoms with Crippen molar-refractivity contribution in [3.05, 3.63) is 0 Å². The number of nitrogens with one attached hydrogen (secondary N) is 1. The van der Waals surface area contributed by atoms with E-state index in [4.69, 9.17) is 0 Å².